The maximum absolute atomic E-state index is 12.5. The Bertz CT molecular complexity index is 623. The first-order valence-corrected chi connectivity index (χ1v) is 9.95. The van der Waals surface area contributed by atoms with Crippen molar-refractivity contribution in [3.8, 4) is 0 Å². The maximum Gasteiger partial charge on any atom is 0.241 e. The van der Waals surface area contributed by atoms with Crippen molar-refractivity contribution in [2.24, 2.45) is 5.73 Å². The van der Waals surface area contributed by atoms with Gasteiger partial charge in [0.15, 0.2) is 0 Å². The van der Waals surface area contributed by atoms with E-state index in [4.69, 9.17) is 18.0 Å². The molecule has 21 heavy (non-hydrogen) atoms. The molecule has 0 saturated heterocycles. The van der Waals surface area contributed by atoms with Gasteiger partial charge in [0, 0.05) is 16.9 Å². The fourth-order valence-corrected chi connectivity index (χ4v) is 5.28. The molecular weight excluding hydrogens is 324 g/mol. The molecule has 1 aliphatic carbocycles. The number of thiocarbonyl (C=S) groups is 1. The predicted octanol–water partition coefficient (Wildman–Crippen LogP) is 2.27. The van der Waals surface area contributed by atoms with E-state index in [0.717, 1.165) is 25.7 Å². The fourth-order valence-electron chi connectivity index (χ4n) is 2.68. The van der Waals surface area contributed by atoms with Crippen LogP contribution in [0.5, 0.6) is 0 Å². The van der Waals surface area contributed by atoms with Crippen LogP contribution in [0.2, 0.25) is 0 Å². The Kier molecular flexibility index (Phi) is 5.29. The van der Waals surface area contributed by atoms with Crippen molar-refractivity contribution in [3.63, 3.8) is 0 Å². The average Bonchev–Trinajstić information content (AvgIpc) is 2.95. The number of nitrogens with one attached hydrogen (secondary N) is 1. The van der Waals surface area contributed by atoms with Crippen molar-refractivity contribution >= 4 is 39.0 Å². The van der Waals surface area contributed by atoms with Crippen LogP contribution in [0.15, 0.2) is 29.2 Å². The van der Waals surface area contributed by atoms with Crippen LogP contribution in [0.4, 0.5) is 0 Å². The second-order valence-electron chi connectivity index (χ2n) is 5.28. The minimum absolute atomic E-state index is 0.0191. The molecular formula is C14H20N2O2S3. The molecule has 1 saturated carbocycles. The first-order valence-electron chi connectivity index (χ1n) is 6.84. The summed E-state index contributed by atoms with van der Waals surface area (Å²) in [4.78, 5) is 0.253. The number of hydrogen-bond acceptors (Lipinski definition) is 4. The van der Waals surface area contributed by atoms with Gasteiger partial charge >= 0.3 is 0 Å². The topological polar surface area (TPSA) is 72.2 Å². The maximum atomic E-state index is 12.5. The second kappa shape index (κ2) is 6.64. The van der Waals surface area contributed by atoms with E-state index < -0.39 is 10.0 Å². The van der Waals surface area contributed by atoms with E-state index in [-0.39, 0.29) is 14.6 Å². The lowest BCUT2D eigenvalue weighted by atomic mass is 10.1. The molecule has 2 rings (SSSR count). The molecule has 0 unspecified atom stereocenters. The summed E-state index contributed by atoms with van der Waals surface area (Å²) in [6.07, 6.45) is 6.46. The van der Waals surface area contributed by atoms with Crippen LogP contribution in [-0.4, -0.2) is 31.0 Å². The van der Waals surface area contributed by atoms with Crippen molar-refractivity contribution in [1.29, 1.82) is 0 Å². The molecule has 0 heterocycles. The number of nitrogens with two attached hydrogens (primary N) is 1. The molecule has 7 heteroatoms. The molecule has 1 aromatic rings. The normalized spacial score (nSPS) is 17.8. The third-order valence-corrected chi connectivity index (χ3v) is 7.07. The Hall–Kier alpha value is -0.630. The standard InChI is InChI=1S/C14H20N2O2S3/c1-20-14(8-4-5-9-14)10-16-21(17,18)12-7-3-2-6-11(12)13(15)19/h2-3,6-7,16H,4-5,8-10H2,1H3,(H2,15,19). The molecule has 0 spiro atoms. The van der Waals surface area contributed by atoms with Gasteiger partial charge in [-0.2, -0.15) is 11.8 Å². The molecule has 1 fully saturated rings. The Balaban J connectivity index is 2.21. The summed E-state index contributed by atoms with van der Waals surface area (Å²) >= 11 is 6.68. The van der Waals surface area contributed by atoms with E-state index in [1.165, 1.54) is 6.07 Å². The smallest absolute Gasteiger partial charge is 0.241 e. The van der Waals surface area contributed by atoms with E-state index in [2.05, 4.69) is 4.72 Å². The summed E-state index contributed by atoms with van der Waals surface area (Å²) in [5.41, 5.74) is 6.01. The Labute approximate surface area is 135 Å². The quantitative estimate of drug-likeness (QED) is 0.775. The third kappa shape index (κ3) is 3.77. The number of thioether (sulfide) groups is 1. The van der Waals surface area contributed by atoms with Gasteiger partial charge in [-0.15, -0.1) is 0 Å². The van der Waals surface area contributed by atoms with Crippen molar-refractivity contribution in [3.05, 3.63) is 29.8 Å². The van der Waals surface area contributed by atoms with Gasteiger partial charge in [0.1, 0.15) is 4.99 Å². The van der Waals surface area contributed by atoms with Crippen molar-refractivity contribution in [2.45, 2.75) is 35.3 Å². The zero-order chi connectivity index (χ0) is 15.5. The molecule has 3 N–H and O–H groups in total. The Morgan fingerprint density at radius 2 is 2.00 bits per heavy atom. The van der Waals surface area contributed by atoms with E-state index in [1.807, 2.05) is 6.26 Å². The summed E-state index contributed by atoms with van der Waals surface area (Å²) in [6, 6.07) is 6.58. The summed E-state index contributed by atoms with van der Waals surface area (Å²) in [6.45, 7) is 0.447. The first kappa shape index (κ1) is 16.7. The average molecular weight is 345 g/mol. The number of benzene rings is 1. The fraction of sp³-hybridized carbons (Fsp3) is 0.500. The zero-order valence-corrected chi connectivity index (χ0v) is 14.4. The lowest BCUT2D eigenvalue weighted by molar-refractivity contribution is 0.551. The summed E-state index contributed by atoms with van der Waals surface area (Å²) in [5, 5.41) is 0. The predicted molar refractivity (Wildman–Crippen MR) is 92.2 cm³/mol. The molecule has 1 aromatic carbocycles. The Morgan fingerprint density at radius 1 is 1.38 bits per heavy atom. The van der Waals surface area contributed by atoms with Crippen LogP contribution in [0.1, 0.15) is 31.2 Å². The molecule has 0 radical (unpaired) electrons. The molecule has 4 nitrogen and oxygen atoms in total. The number of hydrogen-bond donors (Lipinski definition) is 2. The lowest BCUT2D eigenvalue weighted by Gasteiger charge is -2.27. The van der Waals surface area contributed by atoms with Crippen LogP contribution in [-0.2, 0) is 10.0 Å². The molecule has 1 aliphatic rings. The zero-order valence-electron chi connectivity index (χ0n) is 12.0. The van der Waals surface area contributed by atoms with Crippen LogP contribution in [0.3, 0.4) is 0 Å². The van der Waals surface area contributed by atoms with Gasteiger partial charge in [0.05, 0.1) is 4.90 Å². The Morgan fingerprint density at radius 3 is 2.57 bits per heavy atom. The van der Waals surface area contributed by atoms with Crippen LogP contribution >= 0.6 is 24.0 Å². The van der Waals surface area contributed by atoms with Gasteiger partial charge < -0.3 is 5.73 Å². The third-order valence-electron chi connectivity index (χ3n) is 3.97. The highest BCUT2D eigenvalue weighted by molar-refractivity contribution is 8.00. The molecule has 0 atom stereocenters. The lowest BCUT2D eigenvalue weighted by Crippen LogP contribution is -2.39. The highest BCUT2D eigenvalue weighted by Gasteiger charge is 2.34. The molecule has 116 valence electrons. The van der Waals surface area contributed by atoms with E-state index >= 15 is 0 Å². The monoisotopic (exact) mass is 344 g/mol. The van der Waals surface area contributed by atoms with Crippen LogP contribution in [0.25, 0.3) is 0 Å². The minimum Gasteiger partial charge on any atom is -0.389 e. The highest BCUT2D eigenvalue weighted by Crippen LogP contribution is 2.39. The SMILES string of the molecule is CSC1(CNS(=O)(=O)c2ccccc2C(N)=S)CCCC1. The van der Waals surface area contributed by atoms with Gasteiger partial charge in [0.25, 0.3) is 0 Å². The second-order valence-corrected chi connectivity index (χ2v) is 8.73. The van der Waals surface area contributed by atoms with E-state index in [9.17, 15) is 8.42 Å². The van der Waals surface area contributed by atoms with Gasteiger partial charge in [-0.25, -0.2) is 13.1 Å². The number of rotatable bonds is 6. The molecule has 0 aromatic heterocycles. The van der Waals surface area contributed by atoms with Gasteiger partial charge in [-0.1, -0.05) is 43.3 Å². The first-order chi connectivity index (χ1) is 9.90. The van der Waals surface area contributed by atoms with Crippen molar-refractivity contribution in [1.82, 2.24) is 4.72 Å². The molecule has 0 amide bonds. The molecule has 0 bridgehead atoms. The largest absolute Gasteiger partial charge is 0.389 e. The van der Waals surface area contributed by atoms with Gasteiger partial charge in [-0.05, 0) is 25.2 Å². The van der Waals surface area contributed by atoms with E-state index in [0.29, 0.717) is 12.1 Å². The van der Waals surface area contributed by atoms with Crippen LogP contribution < -0.4 is 10.5 Å². The highest BCUT2D eigenvalue weighted by atomic mass is 32.2. The molecule has 0 aliphatic heterocycles. The summed E-state index contributed by atoms with van der Waals surface area (Å²) in [5.74, 6) is 0. The van der Waals surface area contributed by atoms with E-state index in [1.54, 1.807) is 30.0 Å². The minimum atomic E-state index is -3.60. The number of sulfonamides is 1. The van der Waals surface area contributed by atoms with Crippen molar-refractivity contribution < 1.29 is 8.42 Å². The van der Waals surface area contributed by atoms with Crippen molar-refractivity contribution in [2.75, 3.05) is 12.8 Å². The van der Waals surface area contributed by atoms with Gasteiger partial charge in [0.2, 0.25) is 10.0 Å². The summed E-state index contributed by atoms with van der Waals surface area (Å²) < 4.78 is 27.8. The van der Waals surface area contributed by atoms with Crippen LogP contribution in [0, 0.1) is 0 Å². The van der Waals surface area contributed by atoms with Gasteiger partial charge in [-0.3, -0.25) is 0 Å². The summed E-state index contributed by atoms with van der Waals surface area (Å²) in [7, 11) is -3.60.